The first-order valence-corrected chi connectivity index (χ1v) is 8.33. The molecule has 0 saturated carbocycles. The summed E-state index contributed by atoms with van der Waals surface area (Å²) in [6.07, 6.45) is 3.72. The van der Waals surface area contributed by atoms with E-state index in [4.69, 9.17) is 9.26 Å². The number of likely N-dealkylation sites (tertiary alicyclic amines) is 1. The molecule has 1 fully saturated rings. The summed E-state index contributed by atoms with van der Waals surface area (Å²) in [5, 5.41) is 12.1. The lowest BCUT2D eigenvalue weighted by Gasteiger charge is -2.41. The average molecular weight is 331 g/mol. The van der Waals surface area contributed by atoms with E-state index in [2.05, 4.69) is 15.5 Å². The van der Waals surface area contributed by atoms with Gasteiger partial charge in [-0.15, -0.1) is 5.10 Å². The fraction of sp³-hybridized carbons (Fsp3) is 0.625. The zero-order valence-corrected chi connectivity index (χ0v) is 13.9. The van der Waals surface area contributed by atoms with E-state index in [1.807, 2.05) is 23.4 Å². The number of amides is 1. The van der Waals surface area contributed by atoms with Crippen LogP contribution < -0.4 is 0 Å². The van der Waals surface area contributed by atoms with E-state index in [9.17, 15) is 4.79 Å². The Hall–Kier alpha value is -2.22. The van der Waals surface area contributed by atoms with Crippen molar-refractivity contribution in [2.75, 3.05) is 13.1 Å². The molecule has 0 bridgehead atoms. The van der Waals surface area contributed by atoms with Crippen LogP contribution in [-0.4, -0.2) is 50.2 Å². The molecule has 2 aliphatic heterocycles. The molecule has 0 spiro atoms. The van der Waals surface area contributed by atoms with Gasteiger partial charge in [-0.05, 0) is 26.7 Å². The van der Waals surface area contributed by atoms with Crippen LogP contribution in [0.1, 0.15) is 41.6 Å². The summed E-state index contributed by atoms with van der Waals surface area (Å²) in [7, 11) is 0. The largest absolute Gasteiger partial charge is 0.368 e. The summed E-state index contributed by atoms with van der Waals surface area (Å²) in [6.45, 7) is 5.65. The maximum atomic E-state index is 12.6. The van der Waals surface area contributed by atoms with Crippen LogP contribution in [0.25, 0.3) is 0 Å². The monoisotopic (exact) mass is 331 g/mol. The Morgan fingerprint density at radius 2 is 2.29 bits per heavy atom. The van der Waals surface area contributed by atoms with E-state index in [0.717, 1.165) is 35.7 Å². The van der Waals surface area contributed by atoms with Gasteiger partial charge in [0.25, 0.3) is 0 Å². The molecule has 1 amide bonds. The highest BCUT2D eigenvalue weighted by atomic mass is 16.5. The molecule has 0 aliphatic carbocycles. The highest BCUT2D eigenvalue weighted by Crippen LogP contribution is 2.30. The van der Waals surface area contributed by atoms with E-state index in [0.29, 0.717) is 26.0 Å². The summed E-state index contributed by atoms with van der Waals surface area (Å²) in [5.74, 6) is 0.953. The number of aryl methyl sites for hydroxylation is 2. The predicted octanol–water partition coefficient (Wildman–Crippen LogP) is 1.19. The predicted molar refractivity (Wildman–Crippen MR) is 83.1 cm³/mol. The van der Waals surface area contributed by atoms with Crippen LogP contribution in [0.5, 0.6) is 0 Å². The molecule has 0 radical (unpaired) electrons. The summed E-state index contributed by atoms with van der Waals surface area (Å²) in [4.78, 5) is 14.5. The lowest BCUT2D eigenvalue weighted by atomic mass is 9.99. The topological polar surface area (TPSA) is 86.3 Å². The number of hydrogen-bond donors (Lipinski definition) is 0. The van der Waals surface area contributed by atoms with Crippen molar-refractivity contribution in [1.82, 2.24) is 25.1 Å². The van der Waals surface area contributed by atoms with Gasteiger partial charge >= 0.3 is 0 Å². The minimum absolute atomic E-state index is 0.00374. The zero-order valence-electron chi connectivity index (χ0n) is 13.9. The molecule has 8 nitrogen and oxygen atoms in total. The van der Waals surface area contributed by atoms with Crippen molar-refractivity contribution in [2.24, 2.45) is 0 Å². The van der Waals surface area contributed by atoms with Crippen LogP contribution in [0, 0.1) is 13.8 Å². The van der Waals surface area contributed by atoms with Gasteiger partial charge in [-0.3, -0.25) is 4.79 Å². The van der Waals surface area contributed by atoms with E-state index in [1.165, 1.54) is 0 Å². The van der Waals surface area contributed by atoms with Crippen LogP contribution in [0.3, 0.4) is 0 Å². The molecule has 0 N–H and O–H groups in total. The number of fused-ring (bicyclic) bond motifs is 3. The van der Waals surface area contributed by atoms with Crippen LogP contribution in [-0.2, 0) is 22.6 Å². The highest BCUT2D eigenvalue weighted by Gasteiger charge is 2.37. The molecule has 0 aromatic carbocycles. The molecule has 128 valence electrons. The Balaban J connectivity index is 1.38. The molecule has 8 heteroatoms. The van der Waals surface area contributed by atoms with Crippen molar-refractivity contribution in [2.45, 2.75) is 51.9 Å². The van der Waals surface area contributed by atoms with Gasteiger partial charge in [0.15, 0.2) is 0 Å². The van der Waals surface area contributed by atoms with Gasteiger partial charge in [0.05, 0.1) is 36.3 Å². The second-order valence-corrected chi connectivity index (χ2v) is 6.52. The van der Waals surface area contributed by atoms with Gasteiger partial charge < -0.3 is 14.2 Å². The number of piperidine rings is 1. The molecule has 2 aromatic rings. The first-order chi connectivity index (χ1) is 11.6. The number of nitrogens with zero attached hydrogens (tertiary/aromatic N) is 5. The molecule has 2 aliphatic rings. The van der Waals surface area contributed by atoms with Crippen molar-refractivity contribution in [3.63, 3.8) is 0 Å². The summed E-state index contributed by atoms with van der Waals surface area (Å²) < 4.78 is 13.0. The second-order valence-electron chi connectivity index (χ2n) is 6.52. The molecule has 1 saturated heterocycles. The van der Waals surface area contributed by atoms with Gasteiger partial charge in [-0.25, -0.2) is 4.68 Å². The van der Waals surface area contributed by atoms with Crippen LogP contribution in [0.4, 0.5) is 0 Å². The molecule has 2 aromatic heterocycles. The van der Waals surface area contributed by atoms with Gasteiger partial charge in [0.1, 0.15) is 5.76 Å². The Bertz CT molecular complexity index is 733. The molecule has 24 heavy (non-hydrogen) atoms. The third-order valence-electron chi connectivity index (χ3n) is 5.06. The molecular formula is C16H21N5O3. The van der Waals surface area contributed by atoms with Crippen molar-refractivity contribution in [1.29, 1.82) is 0 Å². The minimum Gasteiger partial charge on any atom is -0.368 e. The quantitative estimate of drug-likeness (QED) is 0.840. The molecule has 2 atom stereocenters. The van der Waals surface area contributed by atoms with Crippen molar-refractivity contribution < 1.29 is 14.1 Å². The molecule has 0 unspecified atom stereocenters. The van der Waals surface area contributed by atoms with E-state index >= 15 is 0 Å². The van der Waals surface area contributed by atoms with Crippen LogP contribution >= 0.6 is 0 Å². The highest BCUT2D eigenvalue weighted by molar-refractivity contribution is 5.76. The number of carbonyl (C=O) groups excluding carboxylic acids is 1. The average Bonchev–Trinajstić information content (AvgIpc) is 3.19. The van der Waals surface area contributed by atoms with E-state index in [1.54, 1.807) is 6.20 Å². The number of rotatable bonds is 3. The van der Waals surface area contributed by atoms with Crippen molar-refractivity contribution in [3.8, 4) is 0 Å². The van der Waals surface area contributed by atoms with Crippen molar-refractivity contribution in [3.05, 3.63) is 28.9 Å². The number of hydrogen-bond acceptors (Lipinski definition) is 6. The number of carbonyl (C=O) groups is 1. The first-order valence-electron chi connectivity index (χ1n) is 8.33. The maximum Gasteiger partial charge on any atom is 0.222 e. The summed E-state index contributed by atoms with van der Waals surface area (Å²) >= 11 is 0. The first kappa shape index (κ1) is 15.3. The standard InChI is InChI=1S/C16H21N5O3/c1-10-13(11(2)24-18-10)3-4-16(22)20-6-5-14-15(8-20)23-9-12-7-17-19-21(12)14/h7,14-15H,3-6,8-9H2,1-2H3/t14-,15-/m0/s1. The van der Waals surface area contributed by atoms with Crippen LogP contribution in [0.15, 0.2) is 10.7 Å². The lowest BCUT2D eigenvalue weighted by molar-refractivity contribution is -0.139. The number of aromatic nitrogens is 4. The molecular weight excluding hydrogens is 310 g/mol. The third kappa shape index (κ3) is 2.60. The zero-order chi connectivity index (χ0) is 16.7. The van der Waals surface area contributed by atoms with Crippen LogP contribution in [0.2, 0.25) is 0 Å². The normalized spacial score (nSPS) is 23.0. The molecule has 4 heterocycles. The third-order valence-corrected chi connectivity index (χ3v) is 5.06. The fourth-order valence-corrected chi connectivity index (χ4v) is 3.66. The van der Waals surface area contributed by atoms with E-state index < -0.39 is 0 Å². The Morgan fingerprint density at radius 1 is 1.42 bits per heavy atom. The van der Waals surface area contributed by atoms with E-state index in [-0.39, 0.29) is 18.1 Å². The Labute approximate surface area is 139 Å². The van der Waals surface area contributed by atoms with Gasteiger partial charge in [0.2, 0.25) is 5.91 Å². The lowest BCUT2D eigenvalue weighted by Crippen LogP contribution is -2.50. The maximum absolute atomic E-state index is 12.6. The van der Waals surface area contributed by atoms with Gasteiger partial charge in [0, 0.05) is 25.1 Å². The Kier molecular flexibility index (Phi) is 3.84. The van der Waals surface area contributed by atoms with Crippen molar-refractivity contribution >= 4 is 5.91 Å². The van der Waals surface area contributed by atoms with Gasteiger partial charge in [-0.2, -0.15) is 0 Å². The minimum atomic E-state index is -0.00374. The molecule has 4 rings (SSSR count). The fourth-order valence-electron chi connectivity index (χ4n) is 3.66. The second kappa shape index (κ2) is 6.01. The van der Waals surface area contributed by atoms with Gasteiger partial charge in [-0.1, -0.05) is 10.4 Å². The Morgan fingerprint density at radius 3 is 3.08 bits per heavy atom. The smallest absolute Gasteiger partial charge is 0.222 e. The SMILES string of the molecule is Cc1noc(C)c1CCC(=O)N1CC[C@H]2[C@H](C1)OCc1cnnn12. The summed E-state index contributed by atoms with van der Waals surface area (Å²) in [6, 6.07) is 0.183. The summed E-state index contributed by atoms with van der Waals surface area (Å²) in [5.41, 5.74) is 2.92. The number of ether oxygens (including phenoxy) is 1.